The maximum absolute atomic E-state index is 12.6. The number of anilines is 1. The van der Waals surface area contributed by atoms with E-state index >= 15 is 0 Å². The zero-order valence-corrected chi connectivity index (χ0v) is 19.0. The summed E-state index contributed by atoms with van der Waals surface area (Å²) in [4.78, 5) is 13.2. The van der Waals surface area contributed by atoms with E-state index in [1.165, 1.54) is 11.3 Å². The molecule has 0 bridgehead atoms. The Morgan fingerprint density at radius 3 is 2.77 bits per heavy atom. The van der Waals surface area contributed by atoms with Crippen LogP contribution in [-0.2, 0) is 13.2 Å². The van der Waals surface area contributed by atoms with Crippen molar-refractivity contribution in [1.82, 2.24) is 9.78 Å². The van der Waals surface area contributed by atoms with E-state index in [-0.39, 0.29) is 5.91 Å². The summed E-state index contributed by atoms with van der Waals surface area (Å²) in [6.45, 7) is 2.89. The van der Waals surface area contributed by atoms with Crippen molar-refractivity contribution < 1.29 is 9.53 Å². The van der Waals surface area contributed by atoms with Crippen LogP contribution in [0.5, 0.6) is 5.75 Å². The molecule has 0 saturated heterocycles. The largest absolute Gasteiger partial charge is 0.489 e. The highest BCUT2D eigenvalue weighted by Crippen LogP contribution is 2.24. The number of thiophene rings is 1. The van der Waals surface area contributed by atoms with E-state index in [0.717, 1.165) is 22.4 Å². The van der Waals surface area contributed by atoms with Gasteiger partial charge in [-0.15, -0.1) is 11.3 Å². The number of hydrogen-bond acceptors (Lipinski definition) is 4. The number of hydrogen-bond donors (Lipinski definition) is 1. The Balaban J connectivity index is 1.34. The van der Waals surface area contributed by atoms with Crippen LogP contribution in [0.3, 0.4) is 0 Å². The third kappa shape index (κ3) is 5.67. The van der Waals surface area contributed by atoms with Crippen LogP contribution < -0.4 is 10.1 Å². The molecule has 4 aromatic rings. The molecule has 158 valence electrons. The van der Waals surface area contributed by atoms with Gasteiger partial charge in [-0.05, 0) is 59.8 Å². The van der Waals surface area contributed by atoms with Gasteiger partial charge in [0.2, 0.25) is 0 Å². The molecule has 2 aromatic carbocycles. The van der Waals surface area contributed by atoms with Crippen molar-refractivity contribution in [2.75, 3.05) is 5.32 Å². The summed E-state index contributed by atoms with van der Waals surface area (Å²) in [5.41, 5.74) is 3.57. The molecule has 0 radical (unpaired) electrons. The van der Waals surface area contributed by atoms with Gasteiger partial charge in [0.15, 0.2) is 0 Å². The van der Waals surface area contributed by atoms with E-state index < -0.39 is 0 Å². The van der Waals surface area contributed by atoms with Crippen molar-refractivity contribution in [2.24, 2.45) is 0 Å². The second-order valence-electron chi connectivity index (χ2n) is 7.03. The zero-order valence-electron chi connectivity index (χ0n) is 16.6. The Morgan fingerprint density at radius 2 is 1.97 bits per heavy atom. The normalized spacial score (nSPS) is 10.8. The minimum absolute atomic E-state index is 0.179. The minimum Gasteiger partial charge on any atom is -0.489 e. The first-order valence-electron chi connectivity index (χ1n) is 9.51. The molecular weight excluding hydrogens is 453 g/mol. The third-order valence-corrected chi connectivity index (χ3v) is 5.98. The molecule has 0 spiro atoms. The van der Waals surface area contributed by atoms with Gasteiger partial charge in [-0.2, -0.15) is 5.10 Å². The van der Waals surface area contributed by atoms with Gasteiger partial charge in [-0.3, -0.25) is 9.48 Å². The predicted molar refractivity (Wildman–Crippen MR) is 126 cm³/mol. The van der Waals surface area contributed by atoms with Crippen LogP contribution >= 0.6 is 34.5 Å². The fourth-order valence-electron chi connectivity index (χ4n) is 3.04. The van der Waals surface area contributed by atoms with E-state index in [1.807, 2.05) is 54.8 Å². The highest BCUT2D eigenvalue weighted by atomic mass is 35.5. The van der Waals surface area contributed by atoms with E-state index in [2.05, 4.69) is 10.4 Å². The molecule has 1 N–H and O–H groups in total. The molecule has 31 heavy (non-hydrogen) atoms. The SMILES string of the molecule is Cc1cc(Cl)ccc1OCc1csc(C(=O)Nc2cnn(Cc3cccc(Cl)c3)c2)c1. The molecule has 1 amide bonds. The first-order chi connectivity index (χ1) is 15.0. The van der Waals surface area contributed by atoms with Gasteiger partial charge in [-0.25, -0.2) is 0 Å². The number of aryl methyl sites for hydroxylation is 1. The maximum Gasteiger partial charge on any atom is 0.265 e. The van der Waals surface area contributed by atoms with Gasteiger partial charge in [0.1, 0.15) is 12.4 Å². The molecule has 4 rings (SSSR count). The number of amides is 1. The fraction of sp³-hybridized carbons (Fsp3) is 0.130. The second kappa shape index (κ2) is 9.56. The van der Waals surface area contributed by atoms with Crippen LogP contribution in [-0.4, -0.2) is 15.7 Å². The molecule has 0 aliphatic carbocycles. The number of ether oxygens (including phenoxy) is 1. The number of rotatable bonds is 7. The van der Waals surface area contributed by atoms with Crippen LogP contribution in [0.1, 0.15) is 26.4 Å². The van der Waals surface area contributed by atoms with E-state index in [0.29, 0.717) is 33.8 Å². The summed E-state index contributed by atoms with van der Waals surface area (Å²) in [7, 11) is 0. The molecule has 0 fully saturated rings. The van der Waals surface area contributed by atoms with Crippen molar-refractivity contribution in [3.8, 4) is 5.75 Å². The molecule has 8 heteroatoms. The molecule has 0 atom stereocenters. The Hall–Kier alpha value is -2.80. The Morgan fingerprint density at radius 1 is 1.13 bits per heavy atom. The summed E-state index contributed by atoms with van der Waals surface area (Å²) in [5, 5.41) is 10.5. The van der Waals surface area contributed by atoms with Crippen molar-refractivity contribution in [1.29, 1.82) is 0 Å². The average molecular weight is 472 g/mol. The number of benzene rings is 2. The standard InChI is InChI=1S/C23H19Cl2N3O2S/c1-15-7-19(25)5-6-21(15)30-13-17-9-22(31-14-17)23(29)27-20-10-26-28(12-20)11-16-3-2-4-18(24)8-16/h2-10,12,14H,11,13H2,1H3,(H,27,29). The molecule has 0 saturated carbocycles. The monoisotopic (exact) mass is 471 g/mol. The molecule has 0 aliphatic heterocycles. The van der Waals surface area contributed by atoms with Gasteiger partial charge in [0.25, 0.3) is 5.91 Å². The lowest BCUT2D eigenvalue weighted by Crippen LogP contribution is -2.09. The van der Waals surface area contributed by atoms with Crippen molar-refractivity contribution in [3.63, 3.8) is 0 Å². The topological polar surface area (TPSA) is 56.1 Å². The van der Waals surface area contributed by atoms with Gasteiger partial charge < -0.3 is 10.1 Å². The number of aromatic nitrogens is 2. The van der Waals surface area contributed by atoms with Gasteiger partial charge in [0.05, 0.1) is 23.3 Å². The third-order valence-electron chi connectivity index (χ3n) is 4.53. The number of halogens is 2. The Bertz CT molecular complexity index is 1220. The smallest absolute Gasteiger partial charge is 0.265 e. The second-order valence-corrected chi connectivity index (χ2v) is 8.81. The molecule has 0 aliphatic rings. The zero-order chi connectivity index (χ0) is 21.8. The summed E-state index contributed by atoms with van der Waals surface area (Å²) in [5.74, 6) is 0.593. The van der Waals surface area contributed by atoms with Gasteiger partial charge in [0, 0.05) is 21.8 Å². The molecule has 2 heterocycles. The number of nitrogens with zero attached hydrogens (tertiary/aromatic N) is 2. The predicted octanol–water partition coefficient (Wildman–Crippen LogP) is 6.44. The van der Waals surface area contributed by atoms with Gasteiger partial charge in [-0.1, -0.05) is 35.3 Å². The van der Waals surface area contributed by atoms with Crippen LogP contribution in [0.2, 0.25) is 10.0 Å². The highest BCUT2D eigenvalue weighted by molar-refractivity contribution is 7.12. The fourth-order valence-corrected chi connectivity index (χ4v) is 4.27. The number of nitrogens with one attached hydrogen (secondary N) is 1. The minimum atomic E-state index is -0.179. The Kier molecular flexibility index (Phi) is 6.61. The van der Waals surface area contributed by atoms with Crippen molar-refractivity contribution in [2.45, 2.75) is 20.1 Å². The lowest BCUT2D eigenvalue weighted by molar-refractivity contribution is 0.103. The molecule has 5 nitrogen and oxygen atoms in total. The summed E-state index contributed by atoms with van der Waals surface area (Å²) >= 11 is 13.4. The first-order valence-corrected chi connectivity index (χ1v) is 11.1. The Labute approximate surface area is 194 Å². The van der Waals surface area contributed by atoms with Crippen LogP contribution in [0.4, 0.5) is 5.69 Å². The molecular formula is C23H19Cl2N3O2S. The number of carbonyl (C=O) groups excluding carboxylic acids is 1. The molecule has 0 unspecified atom stereocenters. The first kappa shape index (κ1) is 21.4. The summed E-state index contributed by atoms with van der Waals surface area (Å²) in [6, 6.07) is 14.9. The van der Waals surface area contributed by atoms with Crippen molar-refractivity contribution in [3.05, 3.63) is 97.9 Å². The van der Waals surface area contributed by atoms with E-state index in [9.17, 15) is 4.79 Å². The number of carbonyl (C=O) groups is 1. The van der Waals surface area contributed by atoms with Crippen molar-refractivity contribution >= 4 is 46.1 Å². The van der Waals surface area contributed by atoms with Crippen LogP contribution in [0, 0.1) is 6.92 Å². The maximum atomic E-state index is 12.6. The summed E-state index contributed by atoms with van der Waals surface area (Å²) in [6.07, 6.45) is 3.42. The highest BCUT2D eigenvalue weighted by Gasteiger charge is 2.12. The summed E-state index contributed by atoms with van der Waals surface area (Å²) < 4.78 is 7.60. The van der Waals surface area contributed by atoms with Crippen LogP contribution in [0.25, 0.3) is 0 Å². The van der Waals surface area contributed by atoms with E-state index in [4.69, 9.17) is 27.9 Å². The van der Waals surface area contributed by atoms with Gasteiger partial charge >= 0.3 is 0 Å². The lowest BCUT2D eigenvalue weighted by Gasteiger charge is -2.08. The van der Waals surface area contributed by atoms with E-state index in [1.54, 1.807) is 23.1 Å². The lowest BCUT2D eigenvalue weighted by atomic mass is 10.2. The molecule has 2 aromatic heterocycles. The van der Waals surface area contributed by atoms with Crippen LogP contribution in [0.15, 0.2) is 66.3 Å². The quantitative estimate of drug-likeness (QED) is 0.337. The average Bonchev–Trinajstić information content (AvgIpc) is 3.37.